The monoisotopic (exact) mass is 353 g/mol. The maximum atomic E-state index is 12.6. The van der Waals surface area contributed by atoms with Crippen molar-refractivity contribution in [2.75, 3.05) is 19.7 Å². The van der Waals surface area contributed by atoms with Crippen LogP contribution in [0.2, 0.25) is 0 Å². The summed E-state index contributed by atoms with van der Waals surface area (Å²) < 4.78 is 11.1. The van der Waals surface area contributed by atoms with Gasteiger partial charge in [-0.2, -0.15) is 0 Å². The van der Waals surface area contributed by atoms with Crippen LogP contribution in [0, 0.1) is 11.8 Å². The Morgan fingerprint density at radius 3 is 2.76 bits per heavy atom. The highest BCUT2D eigenvalue weighted by molar-refractivity contribution is 5.89. The number of carbonyl (C=O) groups excluding carboxylic acids is 2. The first-order valence-corrected chi connectivity index (χ1v) is 8.93. The molecule has 0 saturated carbocycles. The minimum absolute atomic E-state index is 0.00849. The number of carbonyl (C=O) groups is 2. The van der Waals surface area contributed by atoms with E-state index in [4.69, 9.17) is 9.47 Å². The Labute approximate surface area is 147 Å². The van der Waals surface area contributed by atoms with Gasteiger partial charge in [-0.3, -0.25) is 4.90 Å². The molecule has 3 saturated heterocycles. The third-order valence-corrected chi connectivity index (χ3v) is 6.03. The second kappa shape index (κ2) is 6.70. The fraction of sp³-hybridized carbons (Fsp3) is 0.778. The Kier molecular flexibility index (Phi) is 4.92. The van der Waals surface area contributed by atoms with Crippen molar-refractivity contribution in [3.05, 3.63) is 11.6 Å². The Hall–Kier alpha value is -1.44. The molecule has 7 heteroatoms. The minimum Gasteiger partial charge on any atom is -0.463 e. The van der Waals surface area contributed by atoms with Crippen molar-refractivity contribution in [1.82, 2.24) is 4.90 Å². The molecule has 3 rings (SSSR count). The van der Waals surface area contributed by atoms with Crippen molar-refractivity contribution in [3.8, 4) is 0 Å². The molecule has 2 N–H and O–H groups in total. The topological polar surface area (TPSA) is 96.3 Å². The molecule has 140 valence electrons. The molecule has 3 heterocycles. The average molecular weight is 353 g/mol. The molecule has 3 fully saturated rings. The molecule has 6 atom stereocenters. The number of rotatable bonds is 0. The van der Waals surface area contributed by atoms with E-state index in [0.29, 0.717) is 18.5 Å². The number of hydrogen-bond donors (Lipinski definition) is 2. The standard InChI is InChI=1S/C18H27NO6/c1-4-11-7-10(2)18(3,23)17(22)24-9-12-13(20)8-19-6-5-14(15(12)19)25-16(11)21/h4,10,12-15,20,23H,5-9H2,1-3H3/b11-4-/t10-,12?,13?,14-,15-,18-/m1/s1. The van der Waals surface area contributed by atoms with Gasteiger partial charge in [-0.05, 0) is 32.6 Å². The number of ether oxygens (including phenoxy) is 2. The molecule has 0 amide bonds. The third-order valence-electron chi connectivity index (χ3n) is 6.03. The molecule has 3 aliphatic heterocycles. The summed E-state index contributed by atoms with van der Waals surface area (Å²) in [6, 6.07) is -0.161. The van der Waals surface area contributed by atoms with Crippen LogP contribution in [0.5, 0.6) is 0 Å². The lowest BCUT2D eigenvalue weighted by atomic mass is 9.85. The summed E-state index contributed by atoms with van der Waals surface area (Å²) in [6.07, 6.45) is 1.63. The Bertz CT molecular complexity index is 586. The van der Waals surface area contributed by atoms with E-state index in [0.717, 1.165) is 6.54 Å². The molecule has 2 unspecified atom stereocenters. The Morgan fingerprint density at radius 1 is 1.36 bits per heavy atom. The van der Waals surface area contributed by atoms with Gasteiger partial charge >= 0.3 is 11.9 Å². The van der Waals surface area contributed by atoms with Gasteiger partial charge in [0.1, 0.15) is 6.10 Å². The van der Waals surface area contributed by atoms with E-state index >= 15 is 0 Å². The van der Waals surface area contributed by atoms with E-state index in [2.05, 4.69) is 4.90 Å². The number of cyclic esters (lactones) is 1. The number of esters is 2. The molecule has 0 aromatic carbocycles. The number of aliphatic hydroxyl groups excluding tert-OH is 1. The van der Waals surface area contributed by atoms with Gasteiger partial charge in [0.05, 0.1) is 18.8 Å². The van der Waals surface area contributed by atoms with Crippen molar-refractivity contribution in [2.24, 2.45) is 11.8 Å². The smallest absolute Gasteiger partial charge is 0.338 e. The average Bonchev–Trinajstić information content (AvgIpc) is 3.08. The van der Waals surface area contributed by atoms with Crippen molar-refractivity contribution in [3.63, 3.8) is 0 Å². The minimum atomic E-state index is -1.72. The van der Waals surface area contributed by atoms with Crippen LogP contribution in [0.25, 0.3) is 0 Å². The maximum absolute atomic E-state index is 12.6. The normalized spacial score (nSPS) is 44.7. The summed E-state index contributed by atoms with van der Waals surface area (Å²) in [5, 5.41) is 20.9. The SMILES string of the molecule is C/C=C1/C[C@@H](C)[C@@](C)(O)C(=O)OCC2C(O)CN3CC[C@@H](OC1=O)[C@@H]23. The molecule has 0 bridgehead atoms. The zero-order valence-corrected chi connectivity index (χ0v) is 15.0. The van der Waals surface area contributed by atoms with Gasteiger partial charge in [0, 0.05) is 24.6 Å². The second-order valence-corrected chi connectivity index (χ2v) is 7.61. The molecular formula is C18H27NO6. The zero-order valence-electron chi connectivity index (χ0n) is 15.0. The van der Waals surface area contributed by atoms with Gasteiger partial charge in [-0.15, -0.1) is 0 Å². The number of allylic oxidation sites excluding steroid dienone is 1. The van der Waals surface area contributed by atoms with Crippen LogP contribution in [0.1, 0.15) is 33.6 Å². The van der Waals surface area contributed by atoms with Crippen molar-refractivity contribution in [2.45, 2.75) is 57.5 Å². The largest absolute Gasteiger partial charge is 0.463 e. The summed E-state index contributed by atoms with van der Waals surface area (Å²) in [7, 11) is 0. The fourth-order valence-electron chi connectivity index (χ4n) is 4.13. The molecular weight excluding hydrogens is 326 g/mol. The summed E-state index contributed by atoms with van der Waals surface area (Å²) >= 11 is 0. The van der Waals surface area contributed by atoms with E-state index < -0.39 is 29.6 Å². The van der Waals surface area contributed by atoms with Crippen LogP contribution >= 0.6 is 0 Å². The van der Waals surface area contributed by atoms with Gasteiger partial charge < -0.3 is 19.7 Å². The van der Waals surface area contributed by atoms with Gasteiger partial charge in [0.15, 0.2) is 5.60 Å². The zero-order chi connectivity index (χ0) is 18.4. The summed E-state index contributed by atoms with van der Waals surface area (Å²) in [4.78, 5) is 27.1. The lowest BCUT2D eigenvalue weighted by Crippen LogP contribution is -2.47. The molecule has 0 radical (unpaired) electrons. The first kappa shape index (κ1) is 18.4. The molecule has 3 aliphatic rings. The maximum Gasteiger partial charge on any atom is 0.338 e. The number of hydrogen-bond acceptors (Lipinski definition) is 7. The van der Waals surface area contributed by atoms with Crippen LogP contribution in [0.3, 0.4) is 0 Å². The molecule has 0 aromatic rings. The Morgan fingerprint density at radius 2 is 2.08 bits per heavy atom. The van der Waals surface area contributed by atoms with Gasteiger partial charge in [0.25, 0.3) is 0 Å². The van der Waals surface area contributed by atoms with Gasteiger partial charge in [0.2, 0.25) is 0 Å². The highest BCUT2D eigenvalue weighted by atomic mass is 16.6. The number of aliphatic hydroxyl groups is 2. The summed E-state index contributed by atoms with van der Waals surface area (Å²) in [5.74, 6) is -1.97. The van der Waals surface area contributed by atoms with E-state index in [1.807, 2.05) is 0 Å². The van der Waals surface area contributed by atoms with Crippen molar-refractivity contribution < 1.29 is 29.3 Å². The van der Waals surface area contributed by atoms with Crippen LogP contribution in [-0.4, -0.2) is 70.6 Å². The lowest BCUT2D eigenvalue weighted by molar-refractivity contribution is -0.173. The van der Waals surface area contributed by atoms with Crippen LogP contribution in [-0.2, 0) is 19.1 Å². The Balaban J connectivity index is 1.91. The van der Waals surface area contributed by atoms with Crippen LogP contribution < -0.4 is 0 Å². The predicted octanol–water partition coefficient (Wildman–Crippen LogP) is 0.244. The van der Waals surface area contributed by atoms with Gasteiger partial charge in [-0.25, -0.2) is 9.59 Å². The fourth-order valence-corrected chi connectivity index (χ4v) is 4.13. The summed E-state index contributed by atoms with van der Waals surface area (Å²) in [5.41, 5.74) is -1.28. The first-order valence-electron chi connectivity index (χ1n) is 8.93. The van der Waals surface area contributed by atoms with E-state index in [-0.39, 0.29) is 31.1 Å². The molecule has 0 spiro atoms. The quantitative estimate of drug-likeness (QED) is 0.476. The molecule has 25 heavy (non-hydrogen) atoms. The van der Waals surface area contributed by atoms with E-state index in [9.17, 15) is 19.8 Å². The molecule has 0 aromatic heterocycles. The van der Waals surface area contributed by atoms with Crippen molar-refractivity contribution >= 4 is 11.9 Å². The predicted molar refractivity (Wildman–Crippen MR) is 88.5 cm³/mol. The number of nitrogens with zero attached hydrogens (tertiary/aromatic N) is 1. The lowest BCUT2D eigenvalue weighted by Gasteiger charge is -2.32. The first-order chi connectivity index (χ1) is 11.8. The highest BCUT2D eigenvalue weighted by Gasteiger charge is 2.51. The van der Waals surface area contributed by atoms with Gasteiger partial charge in [-0.1, -0.05) is 13.0 Å². The van der Waals surface area contributed by atoms with Crippen LogP contribution in [0.4, 0.5) is 0 Å². The second-order valence-electron chi connectivity index (χ2n) is 7.61. The highest BCUT2D eigenvalue weighted by Crippen LogP contribution is 2.37. The van der Waals surface area contributed by atoms with E-state index in [1.165, 1.54) is 6.92 Å². The van der Waals surface area contributed by atoms with E-state index in [1.54, 1.807) is 19.9 Å². The third kappa shape index (κ3) is 3.20. The molecule has 7 nitrogen and oxygen atoms in total. The van der Waals surface area contributed by atoms with Crippen molar-refractivity contribution in [1.29, 1.82) is 0 Å². The molecule has 0 aliphatic carbocycles. The van der Waals surface area contributed by atoms with Crippen LogP contribution in [0.15, 0.2) is 11.6 Å². The summed E-state index contributed by atoms with van der Waals surface area (Å²) in [6.45, 7) is 6.07.